The summed E-state index contributed by atoms with van der Waals surface area (Å²) in [5.41, 5.74) is 8.37. The summed E-state index contributed by atoms with van der Waals surface area (Å²) in [4.78, 5) is 2.30. The Morgan fingerprint density at radius 3 is 1.69 bits per heavy atom. The second-order valence-corrected chi connectivity index (χ2v) is 12.8. The molecule has 8 aromatic rings. The number of rotatable bonds is 5. The minimum Gasteiger partial charge on any atom is -0.0602 e. The van der Waals surface area contributed by atoms with E-state index in [0.717, 1.165) is 17.1 Å². The van der Waals surface area contributed by atoms with E-state index in [2.05, 4.69) is 169 Å². The van der Waals surface area contributed by atoms with Gasteiger partial charge in [-0.2, -0.15) is 0 Å². The molecule has 7 aromatic carbocycles. The first kappa shape index (κ1) is 24.9. The summed E-state index contributed by atoms with van der Waals surface area (Å²) in [5.74, 6) is 0. The van der Waals surface area contributed by atoms with Crippen molar-refractivity contribution in [2.45, 2.75) is 0 Å². The number of hydrogen-bond acceptors (Lipinski definition) is 1. The number of anilines is 3. The molecule has 1 heterocycles. The maximum Gasteiger partial charge on any atom is -0.0380 e. The van der Waals surface area contributed by atoms with Crippen LogP contribution in [-0.4, -0.2) is 14.5 Å². The molecule has 0 spiro atoms. The van der Waals surface area contributed by atoms with E-state index in [1.165, 1.54) is 52.3 Å². The summed E-state index contributed by atoms with van der Waals surface area (Å²) < 4.78 is 2.99. The summed E-state index contributed by atoms with van der Waals surface area (Å²) in [6, 6.07) is 59.4. The number of fused-ring (bicyclic) bond motifs is 5. The van der Waals surface area contributed by atoms with Gasteiger partial charge in [0.15, 0.2) is 0 Å². The third kappa shape index (κ3) is 4.43. The number of benzene rings is 7. The Hall–Kier alpha value is -4.88. The molecule has 0 unspecified atom stereocenters. The summed E-state index contributed by atoms with van der Waals surface area (Å²) in [5, 5.41) is 5.53. The molecule has 0 saturated heterocycles. The van der Waals surface area contributed by atoms with Gasteiger partial charge in [-0.3, -0.25) is 0 Å². The van der Waals surface area contributed by atoms with Gasteiger partial charge in [-0.05, 0) is 24.3 Å². The summed E-state index contributed by atoms with van der Waals surface area (Å²) in [7, 11) is 0. The van der Waals surface area contributed by atoms with Gasteiger partial charge in [0.2, 0.25) is 0 Å². The van der Waals surface area contributed by atoms with E-state index < -0.39 is 0 Å². The van der Waals surface area contributed by atoms with Crippen LogP contribution in [0.3, 0.4) is 0 Å². The average molecular weight is 601 g/mol. The van der Waals surface area contributed by atoms with E-state index >= 15 is 0 Å². The fourth-order valence-corrected chi connectivity index (χ4v) is 8.52. The largest absolute Gasteiger partial charge is 0.0602 e. The Morgan fingerprint density at radius 2 is 0.952 bits per heavy atom. The molecule has 0 aliphatic carbocycles. The van der Waals surface area contributed by atoms with Gasteiger partial charge in [0, 0.05) is 11.4 Å². The Morgan fingerprint density at radius 1 is 0.357 bits per heavy atom. The van der Waals surface area contributed by atoms with E-state index in [4.69, 9.17) is 0 Å². The first-order chi connectivity index (χ1) is 20.8. The maximum atomic E-state index is 2.40. The standard InChI is InChI=1S/C40H27NSe/c1-3-13-33(14-4-1)41(34-15-5-2-6-16-34)35-22-18-28(19-23-35)30-11-9-12-31(26-30)32-21-25-39-38(27-32)37-24-20-29-10-7-8-17-36(29)40(37)42-39/h1-27H. The summed E-state index contributed by atoms with van der Waals surface area (Å²) >= 11 is 0.334. The minimum atomic E-state index is 0.334. The van der Waals surface area contributed by atoms with Crippen LogP contribution >= 0.6 is 0 Å². The van der Waals surface area contributed by atoms with Crippen molar-refractivity contribution in [3.63, 3.8) is 0 Å². The molecule has 0 bridgehead atoms. The normalized spacial score (nSPS) is 11.3. The van der Waals surface area contributed by atoms with Crippen molar-refractivity contribution < 1.29 is 0 Å². The number of para-hydroxylation sites is 2. The van der Waals surface area contributed by atoms with Crippen molar-refractivity contribution in [1.82, 2.24) is 0 Å². The van der Waals surface area contributed by atoms with E-state index in [0.29, 0.717) is 14.5 Å². The quantitative estimate of drug-likeness (QED) is 0.178. The molecular weight excluding hydrogens is 573 g/mol. The number of hydrogen-bond donors (Lipinski definition) is 0. The van der Waals surface area contributed by atoms with Crippen molar-refractivity contribution in [3.05, 3.63) is 164 Å². The molecule has 1 nitrogen and oxygen atoms in total. The zero-order valence-electron chi connectivity index (χ0n) is 22.9. The molecule has 1 aromatic heterocycles. The van der Waals surface area contributed by atoms with Gasteiger partial charge in [0.25, 0.3) is 0 Å². The molecule has 0 fully saturated rings. The molecule has 2 heteroatoms. The van der Waals surface area contributed by atoms with Crippen LogP contribution in [0.25, 0.3) is 52.3 Å². The molecule has 0 aliphatic heterocycles. The SMILES string of the molecule is c1ccc(N(c2ccccc2)c2ccc(-c3cccc(-c4ccc5[se]c6c7ccccc7ccc6c5c4)c3)cc2)cc1. The van der Waals surface area contributed by atoms with Crippen LogP contribution in [0.5, 0.6) is 0 Å². The predicted octanol–water partition coefficient (Wildman–Crippen LogP) is 11.0. The van der Waals surface area contributed by atoms with E-state index in [9.17, 15) is 0 Å². The van der Waals surface area contributed by atoms with Crippen molar-refractivity contribution in [2.24, 2.45) is 0 Å². The Kier molecular flexibility index (Phi) is 6.22. The van der Waals surface area contributed by atoms with Crippen molar-refractivity contribution in [1.29, 1.82) is 0 Å². The van der Waals surface area contributed by atoms with Crippen LogP contribution in [0.15, 0.2) is 164 Å². The first-order valence-electron chi connectivity index (χ1n) is 14.3. The Balaban J connectivity index is 1.15. The third-order valence-electron chi connectivity index (χ3n) is 8.04. The van der Waals surface area contributed by atoms with Gasteiger partial charge in [0.05, 0.1) is 0 Å². The monoisotopic (exact) mass is 601 g/mol. The van der Waals surface area contributed by atoms with Gasteiger partial charge in [-0.1, -0.05) is 36.4 Å². The maximum absolute atomic E-state index is 2.40. The van der Waals surface area contributed by atoms with Gasteiger partial charge in [-0.15, -0.1) is 0 Å². The Labute approximate surface area is 251 Å². The third-order valence-corrected chi connectivity index (χ3v) is 10.6. The predicted molar refractivity (Wildman–Crippen MR) is 181 cm³/mol. The minimum absolute atomic E-state index is 0.334. The number of nitrogens with zero attached hydrogens (tertiary/aromatic N) is 1. The Bertz CT molecular complexity index is 2140. The molecule has 0 radical (unpaired) electrons. The molecule has 0 N–H and O–H groups in total. The molecule has 42 heavy (non-hydrogen) atoms. The van der Waals surface area contributed by atoms with Crippen LogP contribution in [-0.2, 0) is 0 Å². The van der Waals surface area contributed by atoms with E-state index in [-0.39, 0.29) is 0 Å². The zero-order valence-corrected chi connectivity index (χ0v) is 24.7. The van der Waals surface area contributed by atoms with Crippen LogP contribution in [0.1, 0.15) is 0 Å². The van der Waals surface area contributed by atoms with Gasteiger partial charge < -0.3 is 0 Å². The van der Waals surface area contributed by atoms with E-state index in [1.54, 1.807) is 0 Å². The average Bonchev–Trinajstić information content (AvgIpc) is 3.45. The second kappa shape index (κ2) is 10.5. The first-order valence-corrected chi connectivity index (χ1v) is 16.0. The van der Waals surface area contributed by atoms with Crippen LogP contribution in [0.4, 0.5) is 17.1 Å². The molecule has 0 amide bonds. The van der Waals surface area contributed by atoms with Crippen molar-refractivity contribution in [3.8, 4) is 22.3 Å². The van der Waals surface area contributed by atoms with Crippen LogP contribution < -0.4 is 4.90 Å². The van der Waals surface area contributed by atoms with Crippen LogP contribution in [0.2, 0.25) is 0 Å². The molecule has 0 atom stereocenters. The summed E-state index contributed by atoms with van der Waals surface area (Å²) in [6.07, 6.45) is 0. The fourth-order valence-electron chi connectivity index (χ4n) is 5.97. The van der Waals surface area contributed by atoms with Crippen molar-refractivity contribution in [2.75, 3.05) is 4.90 Å². The van der Waals surface area contributed by atoms with Gasteiger partial charge in [-0.25, -0.2) is 0 Å². The molecule has 198 valence electrons. The van der Waals surface area contributed by atoms with Crippen LogP contribution in [0, 0.1) is 0 Å². The fraction of sp³-hybridized carbons (Fsp3) is 0. The smallest absolute Gasteiger partial charge is 0.0380 e. The second-order valence-electron chi connectivity index (χ2n) is 10.6. The molecule has 0 aliphatic rings. The summed E-state index contributed by atoms with van der Waals surface area (Å²) in [6.45, 7) is 0. The molecular formula is C40H27NSe. The van der Waals surface area contributed by atoms with E-state index in [1.807, 2.05) is 0 Å². The topological polar surface area (TPSA) is 3.24 Å². The van der Waals surface area contributed by atoms with Gasteiger partial charge in [0.1, 0.15) is 0 Å². The van der Waals surface area contributed by atoms with Crippen molar-refractivity contribution >= 4 is 61.6 Å². The van der Waals surface area contributed by atoms with Gasteiger partial charge >= 0.3 is 181 Å². The zero-order chi connectivity index (χ0) is 27.9. The molecule has 0 saturated carbocycles. The molecule has 8 rings (SSSR count).